The van der Waals surface area contributed by atoms with Gasteiger partial charge in [-0.1, -0.05) is 24.3 Å². The number of nitrogen functional groups attached to an aromatic ring is 1. The number of anilines is 1. The topological polar surface area (TPSA) is 60.9 Å². The molecule has 0 fully saturated rings. The van der Waals surface area contributed by atoms with Gasteiger partial charge in [0.1, 0.15) is 5.82 Å². The molecule has 4 nitrogen and oxygen atoms in total. The van der Waals surface area contributed by atoms with Crippen molar-refractivity contribution in [2.45, 2.75) is 6.54 Å². The Hall–Kier alpha value is -2.62. The van der Waals surface area contributed by atoms with E-state index in [0.717, 1.165) is 10.9 Å². The van der Waals surface area contributed by atoms with Gasteiger partial charge in [0.25, 0.3) is 5.56 Å². The monoisotopic (exact) mass is 251 g/mol. The normalized spacial score (nSPS) is 10.7. The highest BCUT2D eigenvalue weighted by molar-refractivity contribution is 5.81. The predicted octanol–water partition coefficient (Wildman–Crippen LogP) is 2.03. The Morgan fingerprint density at radius 2 is 1.95 bits per heavy atom. The molecule has 3 aromatic rings. The molecule has 4 heteroatoms. The molecular weight excluding hydrogens is 238 g/mol. The highest BCUT2D eigenvalue weighted by atomic mass is 16.1. The lowest BCUT2D eigenvalue weighted by Gasteiger charge is -2.08. The second-order valence-electron chi connectivity index (χ2n) is 4.38. The van der Waals surface area contributed by atoms with Crippen LogP contribution in [0, 0.1) is 0 Å². The SMILES string of the molecule is Nc1ncccc1Cn1ccc2ccccc2c1=O. The highest BCUT2D eigenvalue weighted by Gasteiger charge is 2.05. The Morgan fingerprint density at radius 1 is 1.11 bits per heavy atom. The second kappa shape index (κ2) is 4.57. The van der Waals surface area contributed by atoms with Crippen molar-refractivity contribution < 1.29 is 0 Å². The molecule has 2 aromatic heterocycles. The van der Waals surface area contributed by atoms with Crippen molar-refractivity contribution in [2.24, 2.45) is 0 Å². The molecule has 19 heavy (non-hydrogen) atoms. The maximum atomic E-state index is 12.3. The van der Waals surface area contributed by atoms with Crippen LogP contribution in [0.25, 0.3) is 10.8 Å². The molecule has 0 bridgehead atoms. The van der Waals surface area contributed by atoms with Crippen LogP contribution in [0.5, 0.6) is 0 Å². The maximum absolute atomic E-state index is 12.3. The van der Waals surface area contributed by atoms with Gasteiger partial charge in [-0.05, 0) is 23.6 Å². The van der Waals surface area contributed by atoms with Crippen molar-refractivity contribution >= 4 is 16.6 Å². The van der Waals surface area contributed by atoms with Crippen LogP contribution in [-0.4, -0.2) is 9.55 Å². The minimum Gasteiger partial charge on any atom is -0.383 e. The second-order valence-corrected chi connectivity index (χ2v) is 4.38. The quantitative estimate of drug-likeness (QED) is 0.758. The van der Waals surface area contributed by atoms with Gasteiger partial charge >= 0.3 is 0 Å². The average molecular weight is 251 g/mol. The molecule has 1 aromatic carbocycles. The van der Waals surface area contributed by atoms with Gasteiger partial charge in [-0.15, -0.1) is 0 Å². The number of hydrogen-bond donors (Lipinski definition) is 1. The number of aromatic nitrogens is 2. The molecule has 0 saturated carbocycles. The molecule has 0 unspecified atom stereocenters. The Labute approximate surface area is 110 Å². The maximum Gasteiger partial charge on any atom is 0.258 e. The molecule has 0 radical (unpaired) electrons. The summed E-state index contributed by atoms with van der Waals surface area (Å²) in [7, 11) is 0. The Balaban J connectivity index is 2.10. The predicted molar refractivity (Wildman–Crippen MR) is 76.0 cm³/mol. The van der Waals surface area contributed by atoms with Crippen LogP contribution >= 0.6 is 0 Å². The zero-order chi connectivity index (χ0) is 13.2. The first kappa shape index (κ1) is 11.5. The van der Waals surface area contributed by atoms with E-state index in [4.69, 9.17) is 5.73 Å². The third-order valence-corrected chi connectivity index (χ3v) is 3.15. The van der Waals surface area contributed by atoms with Gasteiger partial charge < -0.3 is 10.3 Å². The molecule has 0 amide bonds. The van der Waals surface area contributed by atoms with Crippen molar-refractivity contribution in [3.8, 4) is 0 Å². The van der Waals surface area contributed by atoms with Crippen LogP contribution in [0.2, 0.25) is 0 Å². The summed E-state index contributed by atoms with van der Waals surface area (Å²) in [6.07, 6.45) is 3.43. The number of fused-ring (bicyclic) bond motifs is 1. The molecule has 0 aliphatic carbocycles. The Kier molecular flexibility index (Phi) is 2.76. The van der Waals surface area contributed by atoms with E-state index in [1.165, 1.54) is 0 Å². The van der Waals surface area contributed by atoms with Crippen LogP contribution in [0.15, 0.2) is 59.7 Å². The molecule has 0 aliphatic heterocycles. The molecule has 2 heterocycles. The van der Waals surface area contributed by atoms with Crippen LogP contribution in [0.4, 0.5) is 5.82 Å². The summed E-state index contributed by atoms with van der Waals surface area (Å²) >= 11 is 0. The van der Waals surface area contributed by atoms with Gasteiger partial charge in [0.15, 0.2) is 0 Å². The minimum atomic E-state index is -0.0126. The third-order valence-electron chi connectivity index (χ3n) is 3.15. The summed E-state index contributed by atoms with van der Waals surface area (Å²) in [5.74, 6) is 0.461. The zero-order valence-electron chi connectivity index (χ0n) is 10.3. The van der Waals surface area contributed by atoms with Crippen molar-refractivity contribution in [3.63, 3.8) is 0 Å². The number of nitrogens with zero attached hydrogens (tertiary/aromatic N) is 2. The first-order valence-electron chi connectivity index (χ1n) is 6.03. The van der Waals surface area contributed by atoms with Gasteiger partial charge in [-0.25, -0.2) is 4.98 Å². The van der Waals surface area contributed by atoms with Gasteiger partial charge in [-0.3, -0.25) is 4.79 Å². The number of rotatable bonds is 2. The third kappa shape index (κ3) is 2.08. The van der Waals surface area contributed by atoms with Gasteiger partial charge in [-0.2, -0.15) is 0 Å². The van der Waals surface area contributed by atoms with E-state index in [9.17, 15) is 4.79 Å². The van der Waals surface area contributed by atoms with E-state index in [2.05, 4.69) is 4.98 Å². The summed E-state index contributed by atoms with van der Waals surface area (Å²) in [5, 5.41) is 1.66. The standard InChI is InChI=1S/C15H13N3O/c16-14-12(5-3-8-17-14)10-18-9-7-11-4-1-2-6-13(11)15(18)19/h1-9H,10H2,(H2,16,17). The molecule has 0 aliphatic rings. The number of hydrogen-bond acceptors (Lipinski definition) is 3. The lowest BCUT2D eigenvalue weighted by Crippen LogP contribution is -2.20. The van der Waals surface area contributed by atoms with Crippen molar-refractivity contribution in [1.29, 1.82) is 0 Å². The summed E-state index contributed by atoms with van der Waals surface area (Å²) in [6, 6.07) is 13.2. The molecule has 3 rings (SSSR count). The van der Waals surface area contributed by atoms with E-state index in [-0.39, 0.29) is 5.56 Å². The lowest BCUT2D eigenvalue weighted by molar-refractivity contribution is 0.767. The van der Waals surface area contributed by atoms with E-state index < -0.39 is 0 Å². The first-order chi connectivity index (χ1) is 9.25. The fourth-order valence-electron chi connectivity index (χ4n) is 2.12. The smallest absolute Gasteiger partial charge is 0.258 e. The highest BCUT2D eigenvalue weighted by Crippen LogP contribution is 2.11. The summed E-state index contributed by atoms with van der Waals surface area (Å²) < 4.78 is 1.65. The molecule has 0 saturated heterocycles. The fraction of sp³-hybridized carbons (Fsp3) is 0.0667. The fourth-order valence-corrected chi connectivity index (χ4v) is 2.12. The van der Waals surface area contributed by atoms with E-state index in [0.29, 0.717) is 17.7 Å². The lowest BCUT2D eigenvalue weighted by atomic mass is 10.1. The Bertz CT molecular complexity index is 792. The number of nitrogens with two attached hydrogens (primary N) is 1. The van der Waals surface area contributed by atoms with E-state index in [1.54, 1.807) is 17.0 Å². The van der Waals surface area contributed by atoms with Gasteiger partial charge in [0.05, 0.1) is 6.54 Å². The van der Waals surface area contributed by atoms with Crippen molar-refractivity contribution in [1.82, 2.24) is 9.55 Å². The molecule has 2 N–H and O–H groups in total. The van der Waals surface area contributed by atoms with E-state index in [1.807, 2.05) is 42.5 Å². The van der Waals surface area contributed by atoms with Crippen LogP contribution in [0.1, 0.15) is 5.56 Å². The summed E-state index contributed by atoms with van der Waals surface area (Å²) in [6.45, 7) is 0.434. The van der Waals surface area contributed by atoms with Crippen LogP contribution < -0.4 is 11.3 Å². The van der Waals surface area contributed by atoms with Gasteiger partial charge in [0, 0.05) is 23.3 Å². The largest absolute Gasteiger partial charge is 0.383 e. The molecule has 94 valence electrons. The summed E-state index contributed by atoms with van der Waals surface area (Å²) in [4.78, 5) is 16.4. The van der Waals surface area contributed by atoms with Crippen molar-refractivity contribution in [3.05, 3.63) is 70.8 Å². The van der Waals surface area contributed by atoms with Crippen LogP contribution in [0.3, 0.4) is 0 Å². The minimum absolute atomic E-state index is 0.0126. The summed E-state index contributed by atoms with van der Waals surface area (Å²) in [5.41, 5.74) is 6.64. The molecule has 0 atom stereocenters. The Morgan fingerprint density at radius 3 is 2.79 bits per heavy atom. The number of pyridine rings is 2. The van der Waals surface area contributed by atoms with Crippen LogP contribution in [-0.2, 0) is 6.54 Å². The molecular formula is C15H13N3O. The molecule has 0 spiro atoms. The zero-order valence-corrected chi connectivity index (χ0v) is 10.3. The first-order valence-corrected chi connectivity index (χ1v) is 6.03. The van der Waals surface area contributed by atoms with Gasteiger partial charge in [0.2, 0.25) is 0 Å². The van der Waals surface area contributed by atoms with E-state index >= 15 is 0 Å². The number of benzene rings is 1. The van der Waals surface area contributed by atoms with Crippen molar-refractivity contribution in [2.75, 3.05) is 5.73 Å². The average Bonchev–Trinajstić information content (AvgIpc) is 2.44.